The molecule has 1 amide bonds. The van der Waals surface area contributed by atoms with Crippen molar-refractivity contribution in [2.24, 2.45) is 5.92 Å². The Hall–Kier alpha value is -1.49. The minimum absolute atomic E-state index is 0.0228. The molecule has 1 saturated heterocycles. The number of β-amino-alcohol motifs (C(OH)–C–C–N with tert-alkyl or cyclic N) is 1. The van der Waals surface area contributed by atoms with E-state index < -0.39 is 11.5 Å². The molecule has 0 aromatic carbocycles. The van der Waals surface area contributed by atoms with Gasteiger partial charge < -0.3 is 10.0 Å². The van der Waals surface area contributed by atoms with Crippen LogP contribution in [0.25, 0.3) is 0 Å². The molecular formula is C12H13FN2O2. The monoisotopic (exact) mass is 236 g/mol. The number of carbonyl (C=O) groups excluding carboxylic acids is 1. The second-order valence-electron chi connectivity index (χ2n) is 4.88. The number of pyridine rings is 1. The van der Waals surface area contributed by atoms with Crippen LogP contribution in [0.2, 0.25) is 0 Å². The molecule has 0 bridgehead atoms. The van der Waals surface area contributed by atoms with Crippen LogP contribution < -0.4 is 0 Å². The number of rotatable bonds is 2. The molecule has 0 radical (unpaired) electrons. The molecule has 17 heavy (non-hydrogen) atoms. The van der Waals surface area contributed by atoms with Gasteiger partial charge in [0.25, 0.3) is 5.91 Å². The molecule has 0 unspecified atom stereocenters. The van der Waals surface area contributed by atoms with E-state index in [1.54, 1.807) is 0 Å². The van der Waals surface area contributed by atoms with Gasteiger partial charge in [0, 0.05) is 6.20 Å². The van der Waals surface area contributed by atoms with E-state index in [1.165, 1.54) is 23.2 Å². The average Bonchev–Trinajstić information content (AvgIpc) is 3.08. The van der Waals surface area contributed by atoms with Crippen molar-refractivity contribution in [3.05, 3.63) is 29.8 Å². The van der Waals surface area contributed by atoms with Crippen LogP contribution >= 0.6 is 0 Å². The Morgan fingerprint density at radius 2 is 2.24 bits per heavy atom. The Labute approximate surface area is 98.1 Å². The third-order valence-corrected chi connectivity index (χ3v) is 3.54. The molecular weight excluding hydrogens is 223 g/mol. The number of carbonyl (C=O) groups is 1. The van der Waals surface area contributed by atoms with Crippen molar-refractivity contribution >= 4 is 5.91 Å². The Morgan fingerprint density at radius 1 is 1.53 bits per heavy atom. The van der Waals surface area contributed by atoms with Crippen molar-refractivity contribution in [3.63, 3.8) is 0 Å². The van der Waals surface area contributed by atoms with Gasteiger partial charge >= 0.3 is 0 Å². The average molecular weight is 236 g/mol. The van der Waals surface area contributed by atoms with Crippen molar-refractivity contribution in [2.45, 2.75) is 18.4 Å². The fraction of sp³-hybridized carbons (Fsp3) is 0.500. The first-order valence-electron chi connectivity index (χ1n) is 5.72. The molecule has 3 rings (SSSR count). The highest BCUT2D eigenvalue weighted by Gasteiger charge is 2.53. The normalized spacial score (nSPS) is 22.1. The molecule has 4 nitrogen and oxygen atoms in total. The molecule has 1 aliphatic carbocycles. The van der Waals surface area contributed by atoms with Crippen LogP contribution in [0.4, 0.5) is 4.39 Å². The van der Waals surface area contributed by atoms with Crippen LogP contribution in [0.1, 0.15) is 23.2 Å². The third kappa shape index (κ3) is 1.70. The number of hydrogen-bond donors (Lipinski definition) is 1. The third-order valence-electron chi connectivity index (χ3n) is 3.54. The lowest BCUT2D eigenvalue weighted by Crippen LogP contribution is -2.64. The number of nitrogens with zero attached hydrogens (tertiary/aromatic N) is 2. The van der Waals surface area contributed by atoms with E-state index in [1.807, 2.05) is 0 Å². The standard InChI is InChI=1S/C12H13FN2O2/c13-10-9(2-1-5-14-10)11(16)15-6-12(17,7-15)8-3-4-8/h1-2,5,8,17H,3-4,6-7H2. The second kappa shape index (κ2) is 3.50. The van der Waals surface area contributed by atoms with E-state index in [0.717, 1.165) is 12.8 Å². The summed E-state index contributed by atoms with van der Waals surface area (Å²) in [5.41, 5.74) is -0.751. The number of amides is 1. The molecule has 5 heteroatoms. The van der Waals surface area contributed by atoms with E-state index in [-0.39, 0.29) is 11.5 Å². The summed E-state index contributed by atoms with van der Waals surface area (Å²) in [5.74, 6) is -0.814. The van der Waals surface area contributed by atoms with Gasteiger partial charge in [-0.2, -0.15) is 4.39 Å². The van der Waals surface area contributed by atoms with Gasteiger partial charge in [-0.15, -0.1) is 0 Å². The smallest absolute Gasteiger partial charge is 0.258 e. The summed E-state index contributed by atoms with van der Waals surface area (Å²) in [5, 5.41) is 10.1. The van der Waals surface area contributed by atoms with E-state index in [4.69, 9.17) is 0 Å². The van der Waals surface area contributed by atoms with Gasteiger partial charge in [-0.1, -0.05) is 0 Å². The Kier molecular flexibility index (Phi) is 2.19. The topological polar surface area (TPSA) is 53.4 Å². The van der Waals surface area contributed by atoms with Gasteiger partial charge in [-0.25, -0.2) is 4.98 Å². The molecule has 1 N–H and O–H groups in total. The van der Waals surface area contributed by atoms with E-state index >= 15 is 0 Å². The molecule has 1 aliphatic heterocycles. The number of likely N-dealkylation sites (tertiary alicyclic amines) is 1. The summed E-state index contributed by atoms with van der Waals surface area (Å²) in [6, 6.07) is 2.95. The largest absolute Gasteiger partial charge is 0.386 e. The Morgan fingerprint density at radius 3 is 2.82 bits per heavy atom. The van der Waals surface area contributed by atoms with Crippen molar-refractivity contribution in [1.82, 2.24) is 9.88 Å². The fourth-order valence-electron chi connectivity index (χ4n) is 2.35. The predicted molar refractivity (Wildman–Crippen MR) is 57.8 cm³/mol. The first-order chi connectivity index (χ1) is 8.10. The van der Waals surface area contributed by atoms with Crippen LogP contribution in [0.15, 0.2) is 18.3 Å². The summed E-state index contributed by atoms with van der Waals surface area (Å²) >= 11 is 0. The van der Waals surface area contributed by atoms with E-state index in [0.29, 0.717) is 19.0 Å². The maximum atomic E-state index is 13.3. The van der Waals surface area contributed by atoms with Crippen LogP contribution in [0.5, 0.6) is 0 Å². The molecule has 1 aromatic heterocycles. The zero-order valence-corrected chi connectivity index (χ0v) is 9.27. The number of aromatic nitrogens is 1. The van der Waals surface area contributed by atoms with Gasteiger partial charge in [0.2, 0.25) is 5.95 Å². The lowest BCUT2D eigenvalue weighted by atomic mass is 9.88. The maximum absolute atomic E-state index is 13.3. The van der Waals surface area contributed by atoms with Crippen molar-refractivity contribution < 1.29 is 14.3 Å². The maximum Gasteiger partial charge on any atom is 0.258 e. The number of aliphatic hydroxyl groups is 1. The van der Waals surface area contributed by atoms with E-state index in [9.17, 15) is 14.3 Å². The zero-order valence-electron chi connectivity index (χ0n) is 9.27. The molecule has 0 atom stereocenters. The molecule has 1 saturated carbocycles. The number of halogens is 1. The first kappa shape index (κ1) is 10.7. The molecule has 90 valence electrons. The number of hydrogen-bond acceptors (Lipinski definition) is 3. The first-order valence-corrected chi connectivity index (χ1v) is 5.72. The van der Waals surface area contributed by atoms with Crippen LogP contribution in [-0.2, 0) is 0 Å². The van der Waals surface area contributed by atoms with Gasteiger partial charge in [0.05, 0.1) is 18.7 Å². The lowest BCUT2D eigenvalue weighted by molar-refractivity contribution is -0.0959. The van der Waals surface area contributed by atoms with Crippen LogP contribution in [-0.4, -0.2) is 39.6 Å². The summed E-state index contributed by atoms with van der Waals surface area (Å²) in [7, 11) is 0. The van der Waals surface area contributed by atoms with E-state index in [2.05, 4.69) is 4.98 Å². The van der Waals surface area contributed by atoms with Gasteiger partial charge in [0.1, 0.15) is 5.60 Å². The Balaban J connectivity index is 1.71. The highest BCUT2D eigenvalue weighted by molar-refractivity contribution is 5.94. The van der Waals surface area contributed by atoms with Crippen LogP contribution in [0, 0.1) is 11.9 Å². The molecule has 2 fully saturated rings. The predicted octanol–water partition coefficient (Wildman–Crippen LogP) is 0.818. The summed E-state index contributed by atoms with van der Waals surface area (Å²) in [6.07, 6.45) is 3.36. The zero-order chi connectivity index (χ0) is 12.0. The minimum atomic E-state index is -0.751. The fourth-order valence-corrected chi connectivity index (χ4v) is 2.35. The van der Waals surface area contributed by atoms with Crippen molar-refractivity contribution in [3.8, 4) is 0 Å². The highest BCUT2D eigenvalue weighted by Crippen LogP contribution is 2.44. The molecule has 1 aromatic rings. The van der Waals surface area contributed by atoms with Gasteiger partial charge in [-0.3, -0.25) is 4.79 Å². The molecule has 0 spiro atoms. The summed E-state index contributed by atoms with van der Waals surface area (Å²) < 4.78 is 13.3. The van der Waals surface area contributed by atoms with Crippen LogP contribution in [0.3, 0.4) is 0 Å². The van der Waals surface area contributed by atoms with Crippen molar-refractivity contribution in [2.75, 3.05) is 13.1 Å². The van der Waals surface area contributed by atoms with Gasteiger partial charge in [-0.05, 0) is 30.9 Å². The SMILES string of the molecule is O=C(c1cccnc1F)N1CC(O)(C2CC2)C1. The molecule has 2 heterocycles. The second-order valence-corrected chi connectivity index (χ2v) is 4.88. The lowest BCUT2D eigenvalue weighted by Gasteiger charge is -2.46. The Bertz CT molecular complexity index is 467. The quantitative estimate of drug-likeness (QED) is 0.773. The summed E-state index contributed by atoms with van der Waals surface area (Å²) in [6.45, 7) is 0.621. The minimum Gasteiger partial charge on any atom is -0.386 e. The van der Waals surface area contributed by atoms with Crippen molar-refractivity contribution in [1.29, 1.82) is 0 Å². The molecule has 2 aliphatic rings. The van der Waals surface area contributed by atoms with Gasteiger partial charge in [0.15, 0.2) is 0 Å². The highest BCUT2D eigenvalue weighted by atomic mass is 19.1. The summed E-state index contributed by atoms with van der Waals surface area (Å²) in [4.78, 5) is 16.8.